The molecule has 0 radical (unpaired) electrons. The van der Waals surface area contributed by atoms with Crippen LogP contribution in [-0.2, 0) is 4.79 Å². The average Bonchev–Trinajstić information content (AvgIpc) is 3.38. The molecule has 146 valence electrons. The molecule has 1 fully saturated rings. The van der Waals surface area contributed by atoms with Crippen molar-refractivity contribution < 1.29 is 9.53 Å². The predicted molar refractivity (Wildman–Crippen MR) is 111 cm³/mol. The van der Waals surface area contributed by atoms with E-state index in [9.17, 15) is 4.79 Å². The summed E-state index contributed by atoms with van der Waals surface area (Å²) < 4.78 is 5.27. The minimum absolute atomic E-state index is 0.0322. The molecule has 1 saturated heterocycles. The van der Waals surface area contributed by atoms with Crippen molar-refractivity contribution in [3.63, 3.8) is 0 Å². The van der Waals surface area contributed by atoms with Gasteiger partial charge >= 0.3 is 0 Å². The molecule has 2 aliphatic rings. The second-order valence-corrected chi connectivity index (χ2v) is 7.65. The molecule has 0 aliphatic carbocycles. The molecule has 6 heteroatoms. The van der Waals surface area contributed by atoms with Crippen LogP contribution < -0.4 is 4.74 Å². The van der Waals surface area contributed by atoms with E-state index in [4.69, 9.17) is 21.4 Å². The van der Waals surface area contributed by atoms with E-state index < -0.39 is 0 Å². The summed E-state index contributed by atoms with van der Waals surface area (Å²) in [5.41, 5.74) is 2.78. The van der Waals surface area contributed by atoms with Gasteiger partial charge in [-0.2, -0.15) is 5.10 Å². The zero-order valence-corrected chi connectivity index (χ0v) is 16.7. The van der Waals surface area contributed by atoms with Gasteiger partial charge in [-0.25, -0.2) is 5.01 Å². The molecule has 1 amide bonds. The van der Waals surface area contributed by atoms with E-state index in [-0.39, 0.29) is 11.9 Å². The number of carbonyl (C=O) groups excluding carboxylic acids is 1. The van der Waals surface area contributed by atoms with Crippen molar-refractivity contribution >= 4 is 23.2 Å². The summed E-state index contributed by atoms with van der Waals surface area (Å²) in [5.74, 6) is 0.828. The molecule has 0 aromatic heterocycles. The highest BCUT2D eigenvalue weighted by Crippen LogP contribution is 2.35. The van der Waals surface area contributed by atoms with Crippen LogP contribution in [0.1, 0.15) is 36.4 Å². The first kappa shape index (κ1) is 19.0. The largest absolute Gasteiger partial charge is 0.497 e. The fourth-order valence-corrected chi connectivity index (χ4v) is 4.13. The first-order chi connectivity index (χ1) is 13.7. The number of rotatable bonds is 5. The Labute approximate surface area is 170 Å². The molecule has 4 rings (SSSR count). The van der Waals surface area contributed by atoms with Crippen LogP contribution in [0.5, 0.6) is 5.75 Å². The van der Waals surface area contributed by atoms with Crippen LogP contribution in [0.4, 0.5) is 0 Å². The van der Waals surface area contributed by atoms with Crippen LogP contribution in [0.2, 0.25) is 5.02 Å². The number of amides is 1. The lowest BCUT2D eigenvalue weighted by atomic mass is 9.98. The Balaban J connectivity index is 1.63. The number of benzene rings is 2. The molecule has 0 saturated carbocycles. The number of methoxy groups -OCH3 is 1. The van der Waals surface area contributed by atoms with Crippen LogP contribution in [0.3, 0.4) is 0 Å². The Morgan fingerprint density at radius 1 is 1.14 bits per heavy atom. The van der Waals surface area contributed by atoms with Gasteiger partial charge < -0.3 is 4.74 Å². The van der Waals surface area contributed by atoms with Crippen LogP contribution in [-0.4, -0.2) is 48.3 Å². The van der Waals surface area contributed by atoms with E-state index in [0.29, 0.717) is 18.0 Å². The van der Waals surface area contributed by atoms with Gasteiger partial charge in [-0.1, -0.05) is 41.9 Å². The topological polar surface area (TPSA) is 45.1 Å². The van der Waals surface area contributed by atoms with E-state index in [1.807, 2.05) is 48.5 Å². The van der Waals surface area contributed by atoms with Crippen molar-refractivity contribution in [3.05, 3.63) is 64.7 Å². The fraction of sp³-hybridized carbons (Fsp3) is 0.364. The first-order valence-electron chi connectivity index (χ1n) is 9.66. The number of ether oxygens (including phenoxy) is 1. The van der Waals surface area contributed by atoms with E-state index in [0.717, 1.165) is 48.5 Å². The molecule has 2 aliphatic heterocycles. The van der Waals surface area contributed by atoms with Crippen LogP contribution in [0.15, 0.2) is 53.6 Å². The van der Waals surface area contributed by atoms with Gasteiger partial charge in [0.1, 0.15) is 5.75 Å². The summed E-state index contributed by atoms with van der Waals surface area (Å²) in [6, 6.07) is 15.4. The zero-order valence-electron chi connectivity index (χ0n) is 16.0. The van der Waals surface area contributed by atoms with E-state index in [2.05, 4.69) is 4.90 Å². The molecular formula is C22H24ClN3O2. The third kappa shape index (κ3) is 3.91. The van der Waals surface area contributed by atoms with Gasteiger partial charge in [0.05, 0.1) is 25.4 Å². The van der Waals surface area contributed by atoms with Gasteiger partial charge in [0.25, 0.3) is 5.91 Å². The molecule has 1 unspecified atom stereocenters. The molecule has 2 aromatic rings. The van der Waals surface area contributed by atoms with Gasteiger partial charge in [0.2, 0.25) is 0 Å². The minimum atomic E-state index is -0.132. The number of hydrazone groups is 1. The molecule has 1 atom stereocenters. The molecular weight excluding hydrogens is 374 g/mol. The summed E-state index contributed by atoms with van der Waals surface area (Å²) in [7, 11) is 1.65. The number of halogens is 1. The van der Waals surface area contributed by atoms with Gasteiger partial charge in [0.15, 0.2) is 0 Å². The summed E-state index contributed by atoms with van der Waals surface area (Å²) in [5, 5.41) is 7.03. The van der Waals surface area contributed by atoms with Gasteiger partial charge in [-0.3, -0.25) is 9.69 Å². The maximum Gasteiger partial charge on any atom is 0.257 e. The number of hydrogen-bond acceptors (Lipinski definition) is 4. The van der Waals surface area contributed by atoms with Crippen molar-refractivity contribution in [1.29, 1.82) is 0 Å². The highest BCUT2D eigenvalue weighted by molar-refractivity contribution is 6.34. The predicted octanol–water partition coefficient (Wildman–Crippen LogP) is 4.12. The number of carbonyl (C=O) groups is 1. The second kappa shape index (κ2) is 8.33. The zero-order chi connectivity index (χ0) is 19.5. The SMILES string of the molecule is COc1ccc(C2CC(c3ccccc3Cl)=NN2C(=O)CN2CCCC2)cc1. The lowest BCUT2D eigenvalue weighted by Crippen LogP contribution is -2.36. The first-order valence-corrected chi connectivity index (χ1v) is 10.0. The number of likely N-dealkylation sites (tertiary alicyclic amines) is 1. The van der Waals surface area contributed by atoms with Gasteiger partial charge in [0, 0.05) is 17.0 Å². The summed E-state index contributed by atoms with van der Waals surface area (Å²) in [6.45, 7) is 2.37. The lowest BCUT2D eigenvalue weighted by Gasteiger charge is -2.24. The Hall–Kier alpha value is -2.37. The van der Waals surface area contributed by atoms with Gasteiger partial charge in [-0.05, 0) is 49.7 Å². The molecule has 0 bridgehead atoms. The van der Waals surface area contributed by atoms with Gasteiger partial charge in [-0.15, -0.1) is 0 Å². The molecule has 0 N–H and O–H groups in total. The highest BCUT2D eigenvalue weighted by Gasteiger charge is 2.34. The Morgan fingerprint density at radius 2 is 1.86 bits per heavy atom. The van der Waals surface area contributed by atoms with Crippen molar-refractivity contribution in [2.24, 2.45) is 5.10 Å². The third-order valence-electron chi connectivity index (χ3n) is 5.41. The summed E-state index contributed by atoms with van der Waals surface area (Å²) >= 11 is 6.39. The number of hydrogen-bond donors (Lipinski definition) is 0. The third-order valence-corrected chi connectivity index (χ3v) is 5.74. The van der Waals surface area contributed by atoms with E-state index in [1.165, 1.54) is 0 Å². The van der Waals surface area contributed by atoms with Crippen LogP contribution in [0.25, 0.3) is 0 Å². The Bertz CT molecular complexity index is 876. The summed E-state index contributed by atoms with van der Waals surface area (Å²) in [4.78, 5) is 15.3. The average molecular weight is 398 g/mol. The quantitative estimate of drug-likeness (QED) is 0.762. The highest BCUT2D eigenvalue weighted by atomic mass is 35.5. The molecule has 2 heterocycles. The molecule has 2 aromatic carbocycles. The normalized spacial score (nSPS) is 19.7. The monoisotopic (exact) mass is 397 g/mol. The van der Waals surface area contributed by atoms with Crippen LogP contribution >= 0.6 is 11.6 Å². The fourth-order valence-electron chi connectivity index (χ4n) is 3.89. The van der Waals surface area contributed by atoms with Crippen LogP contribution in [0, 0.1) is 0 Å². The molecule has 5 nitrogen and oxygen atoms in total. The maximum absolute atomic E-state index is 13.1. The second-order valence-electron chi connectivity index (χ2n) is 7.24. The van der Waals surface area contributed by atoms with Crippen molar-refractivity contribution in [2.75, 3.05) is 26.7 Å². The standard InChI is InChI=1S/C22H24ClN3O2/c1-28-17-10-8-16(9-11-17)21-14-20(18-6-2-3-7-19(18)23)24-26(21)22(27)15-25-12-4-5-13-25/h2-3,6-11,21H,4-5,12-15H2,1H3. The molecule has 0 spiro atoms. The van der Waals surface area contributed by atoms with Crippen molar-refractivity contribution in [2.45, 2.75) is 25.3 Å². The van der Waals surface area contributed by atoms with E-state index in [1.54, 1.807) is 12.1 Å². The lowest BCUT2D eigenvalue weighted by molar-refractivity contribution is -0.134. The minimum Gasteiger partial charge on any atom is -0.497 e. The smallest absolute Gasteiger partial charge is 0.257 e. The molecule has 28 heavy (non-hydrogen) atoms. The number of nitrogens with zero attached hydrogens (tertiary/aromatic N) is 3. The van der Waals surface area contributed by atoms with E-state index >= 15 is 0 Å². The van der Waals surface area contributed by atoms with Crippen molar-refractivity contribution in [1.82, 2.24) is 9.91 Å². The Morgan fingerprint density at radius 3 is 2.54 bits per heavy atom. The Kier molecular flexibility index (Phi) is 5.64. The van der Waals surface area contributed by atoms with Crippen molar-refractivity contribution in [3.8, 4) is 5.75 Å². The maximum atomic E-state index is 13.1. The summed E-state index contributed by atoms with van der Waals surface area (Å²) in [6.07, 6.45) is 2.95.